The number of amides is 1. The van der Waals surface area contributed by atoms with Crippen molar-refractivity contribution in [1.82, 2.24) is 4.90 Å². The quantitative estimate of drug-likeness (QED) is 0.775. The molecule has 2 N–H and O–H groups in total. The lowest BCUT2D eigenvalue weighted by Gasteiger charge is -2.15. The van der Waals surface area contributed by atoms with Crippen LogP contribution in [0.5, 0.6) is 0 Å². The maximum absolute atomic E-state index is 11.9. The number of carbonyl (C=O) groups is 1. The molecule has 1 atom stereocenters. The topological polar surface area (TPSA) is 52.6 Å². The Balaban J connectivity index is 1.79. The second-order valence-corrected chi connectivity index (χ2v) is 6.21. The molecule has 0 spiro atoms. The molecule has 1 saturated heterocycles. The van der Waals surface area contributed by atoms with Gasteiger partial charge in [0.1, 0.15) is 0 Å². The molecule has 4 nitrogen and oxygen atoms in total. The molecule has 104 valence electrons. The number of carbonyl (C=O) groups excluding carboxylic acids is 1. The number of nitrogens with zero attached hydrogens (tertiary/aromatic N) is 1. The molecule has 0 aromatic heterocycles. The molecule has 1 unspecified atom stereocenters. The van der Waals surface area contributed by atoms with Crippen LogP contribution in [0.15, 0.2) is 24.3 Å². The standard InChI is InChI=1S/C14H19IN2O2/c15-12-2-1-3-13(8-12)16-14(19)10-17-6-4-11(9-17)5-7-18/h1-3,8,11,18H,4-7,9-10H2,(H,16,19). The van der Waals surface area contributed by atoms with Gasteiger partial charge in [-0.15, -0.1) is 0 Å². The van der Waals surface area contributed by atoms with Gasteiger partial charge in [-0.1, -0.05) is 6.07 Å². The van der Waals surface area contributed by atoms with Gasteiger partial charge in [-0.2, -0.15) is 0 Å². The maximum Gasteiger partial charge on any atom is 0.238 e. The zero-order chi connectivity index (χ0) is 13.7. The van der Waals surface area contributed by atoms with Gasteiger partial charge in [0.05, 0.1) is 6.54 Å². The Bertz CT molecular complexity index is 439. The molecule has 2 rings (SSSR count). The number of benzene rings is 1. The van der Waals surface area contributed by atoms with Crippen molar-refractivity contribution in [3.05, 3.63) is 27.8 Å². The number of hydrogen-bond donors (Lipinski definition) is 2. The largest absolute Gasteiger partial charge is 0.396 e. The van der Waals surface area contributed by atoms with Crippen molar-refractivity contribution >= 4 is 34.2 Å². The van der Waals surface area contributed by atoms with Crippen LogP contribution in [0.1, 0.15) is 12.8 Å². The molecule has 1 heterocycles. The minimum absolute atomic E-state index is 0.0339. The van der Waals surface area contributed by atoms with Crippen LogP contribution in [0.3, 0.4) is 0 Å². The first kappa shape index (κ1) is 14.7. The molecule has 1 aromatic carbocycles. The van der Waals surface area contributed by atoms with Crippen molar-refractivity contribution in [3.8, 4) is 0 Å². The highest BCUT2D eigenvalue weighted by Crippen LogP contribution is 2.19. The first-order chi connectivity index (χ1) is 9.17. The summed E-state index contributed by atoms with van der Waals surface area (Å²) < 4.78 is 1.11. The molecule has 1 fully saturated rings. The van der Waals surface area contributed by atoms with E-state index in [2.05, 4.69) is 32.8 Å². The summed E-state index contributed by atoms with van der Waals surface area (Å²) in [4.78, 5) is 14.1. The predicted octanol–water partition coefficient (Wildman–Crippen LogP) is 1.93. The highest BCUT2D eigenvalue weighted by atomic mass is 127. The molecule has 0 saturated carbocycles. The number of aliphatic hydroxyl groups is 1. The first-order valence-corrected chi connectivity index (χ1v) is 7.64. The van der Waals surface area contributed by atoms with Crippen LogP contribution in [0.25, 0.3) is 0 Å². The van der Waals surface area contributed by atoms with Crippen molar-refractivity contribution in [2.24, 2.45) is 5.92 Å². The van der Waals surface area contributed by atoms with Crippen molar-refractivity contribution in [2.45, 2.75) is 12.8 Å². The fourth-order valence-electron chi connectivity index (χ4n) is 2.44. The Hall–Kier alpha value is -0.660. The van der Waals surface area contributed by atoms with Gasteiger partial charge in [-0.05, 0) is 66.1 Å². The first-order valence-electron chi connectivity index (χ1n) is 6.56. The molecule has 1 aliphatic rings. The van der Waals surface area contributed by atoms with Crippen LogP contribution >= 0.6 is 22.6 Å². The van der Waals surface area contributed by atoms with E-state index >= 15 is 0 Å². The summed E-state index contributed by atoms with van der Waals surface area (Å²) in [6.45, 7) is 2.55. The highest BCUT2D eigenvalue weighted by molar-refractivity contribution is 14.1. The number of anilines is 1. The molecule has 0 bridgehead atoms. The highest BCUT2D eigenvalue weighted by Gasteiger charge is 2.23. The number of nitrogens with one attached hydrogen (secondary N) is 1. The van der Waals surface area contributed by atoms with Gasteiger partial charge in [0.2, 0.25) is 5.91 Å². The molecule has 19 heavy (non-hydrogen) atoms. The summed E-state index contributed by atoms with van der Waals surface area (Å²) in [6.07, 6.45) is 1.92. The predicted molar refractivity (Wildman–Crippen MR) is 84.0 cm³/mol. The number of aliphatic hydroxyl groups excluding tert-OH is 1. The van der Waals surface area contributed by atoms with Crippen molar-refractivity contribution in [3.63, 3.8) is 0 Å². The van der Waals surface area contributed by atoms with Gasteiger partial charge >= 0.3 is 0 Å². The van der Waals surface area contributed by atoms with Gasteiger partial charge in [-0.3, -0.25) is 9.69 Å². The van der Waals surface area contributed by atoms with E-state index in [-0.39, 0.29) is 12.5 Å². The van der Waals surface area contributed by atoms with E-state index in [1.807, 2.05) is 24.3 Å². The third kappa shape index (κ3) is 4.74. The number of likely N-dealkylation sites (tertiary alicyclic amines) is 1. The Labute approximate surface area is 127 Å². The van der Waals surface area contributed by atoms with Gasteiger partial charge in [0.25, 0.3) is 0 Å². The molecule has 0 aliphatic carbocycles. The fraction of sp³-hybridized carbons (Fsp3) is 0.500. The third-order valence-corrected chi connectivity index (χ3v) is 4.05. The monoisotopic (exact) mass is 374 g/mol. The molecular weight excluding hydrogens is 355 g/mol. The second kappa shape index (κ2) is 7.21. The van der Waals surface area contributed by atoms with Crippen LogP contribution < -0.4 is 5.32 Å². The summed E-state index contributed by atoms with van der Waals surface area (Å²) in [7, 11) is 0. The van der Waals surface area contributed by atoms with Crippen LogP contribution in [0, 0.1) is 9.49 Å². The normalized spacial score (nSPS) is 19.6. The van der Waals surface area contributed by atoms with Crippen LogP contribution in [-0.2, 0) is 4.79 Å². The number of halogens is 1. The van der Waals surface area contributed by atoms with Gasteiger partial charge in [-0.25, -0.2) is 0 Å². The summed E-state index contributed by atoms with van der Waals surface area (Å²) in [5, 5.41) is 11.8. The zero-order valence-electron chi connectivity index (χ0n) is 10.8. The lowest BCUT2D eigenvalue weighted by molar-refractivity contribution is -0.117. The van der Waals surface area contributed by atoms with Gasteiger partial charge in [0.15, 0.2) is 0 Å². The molecule has 1 amide bonds. The van der Waals surface area contributed by atoms with E-state index in [0.29, 0.717) is 12.5 Å². The van der Waals surface area contributed by atoms with Crippen LogP contribution in [0.4, 0.5) is 5.69 Å². The Morgan fingerprint density at radius 2 is 2.37 bits per heavy atom. The van der Waals surface area contributed by atoms with Gasteiger partial charge in [0, 0.05) is 22.4 Å². The Morgan fingerprint density at radius 3 is 3.11 bits per heavy atom. The minimum atomic E-state index is 0.0339. The van der Waals surface area contributed by atoms with Crippen LogP contribution in [-0.4, -0.2) is 42.2 Å². The van der Waals surface area contributed by atoms with E-state index in [9.17, 15) is 4.79 Å². The number of rotatable bonds is 5. The van der Waals surface area contributed by atoms with E-state index in [1.165, 1.54) is 0 Å². The smallest absolute Gasteiger partial charge is 0.238 e. The summed E-state index contributed by atoms with van der Waals surface area (Å²) >= 11 is 2.23. The SMILES string of the molecule is O=C(CN1CCC(CCO)C1)Nc1cccc(I)c1. The molecule has 1 aliphatic heterocycles. The van der Waals surface area contributed by atoms with E-state index in [1.54, 1.807) is 0 Å². The van der Waals surface area contributed by atoms with Crippen LogP contribution in [0.2, 0.25) is 0 Å². The minimum Gasteiger partial charge on any atom is -0.396 e. The second-order valence-electron chi connectivity index (χ2n) is 4.96. The summed E-state index contributed by atoms with van der Waals surface area (Å²) in [6, 6.07) is 7.79. The summed E-state index contributed by atoms with van der Waals surface area (Å²) in [5.41, 5.74) is 0.850. The fourth-order valence-corrected chi connectivity index (χ4v) is 2.99. The summed E-state index contributed by atoms with van der Waals surface area (Å²) in [5.74, 6) is 0.571. The molecular formula is C14H19IN2O2. The zero-order valence-corrected chi connectivity index (χ0v) is 13.0. The Kier molecular flexibility index (Phi) is 5.59. The van der Waals surface area contributed by atoms with E-state index in [0.717, 1.165) is 35.2 Å². The average molecular weight is 374 g/mol. The Morgan fingerprint density at radius 1 is 1.53 bits per heavy atom. The van der Waals surface area contributed by atoms with E-state index < -0.39 is 0 Å². The molecule has 1 aromatic rings. The average Bonchev–Trinajstić information content (AvgIpc) is 2.77. The lowest BCUT2D eigenvalue weighted by atomic mass is 10.1. The van der Waals surface area contributed by atoms with Crippen molar-refractivity contribution in [2.75, 3.05) is 31.6 Å². The van der Waals surface area contributed by atoms with Crippen molar-refractivity contribution < 1.29 is 9.90 Å². The van der Waals surface area contributed by atoms with Crippen molar-refractivity contribution in [1.29, 1.82) is 0 Å². The lowest BCUT2D eigenvalue weighted by Crippen LogP contribution is -2.31. The molecule has 5 heteroatoms. The van der Waals surface area contributed by atoms with E-state index in [4.69, 9.17) is 5.11 Å². The van der Waals surface area contributed by atoms with Gasteiger partial charge < -0.3 is 10.4 Å². The number of hydrogen-bond acceptors (Lipinski definition) is 3. The maximum atomic E-state index is 11.9. The third-order valence-electron chi connectivity index (χ3n) is 3.38. The molecule has 0 radical (unpaired) electrons.